The number of thiol groups is 1. The van der Waals surface area contributed by atoms with Gasteiger partial charge in [0.2, 0.25) is 0 Å². The summed E-state index contributed by atoms with van der Waals surface area (Å²) in [5, 5.41) is 0. The van der Waals surface area contributed by atoms with Gasteiger partial charge < -0.3 is 0 Å². The monoisotopic (exact) mass is 159 g/mol. The lowest BCUT2D eigenvalue weighted by Gasteiger charge is -1.90. The Labute approximate surface area is 64.5 Å². The number of hydrogen-bond acceptors (Lipinski definition) is 3. The lowest BCUT2D eigenvalue weighted by atomic mass is 10.3. The molecule has 0 aliphatic rings. The molecule has 50 valence electrons. The van der Waals surface area contributed by atoms with Crippen molar-refractivity contribution in [3.05, 3.63) is 16.1 Å². The fraction of sp³-hybridized carbons (Fsp3) is 0.500. The smallest absolute Gasteiger partial charge is 0.0797 e. The molecule has 1 aromatic rings. The van der Waals surface area contributed by atoms with Crippen LogP contribution < -0.4 is 0 Å². The van der Waals surface area contributed by atoms with Crippen molar-refractivity contribution < 1.29 is 0 Å². The zero-order chi connectivity index (χ0) is 6.69. The molecule has 1 aromatic heterocycles. The zero-order valence-electron chi connectivity index (χ0n) is 5.29. The lowest BCUT2D eigenvalue weighted by Crippen LogP contribution is -1.83. The molecule has 0 aliphatic carbocycles. The highest BCUT2D eigenvalue weighted by Gasteiger charge is 1.97. The second-order valence-electron chi connectivity index (χ2n) is 1.83. The van der Waals surface area contributed by atoms with Gasteiger partial charge in [0.15, 0.2) is 0 Å². The summed E-state index contributed by atoms with van der Waals surface area (Å²) in [6.45, 7) is 2.04. The molecule has 0 aromatic carbocycles. The Hall–Kier alpha value is -0.0200. The van der Waals surface area contributed by atoms with Crippen LogP contribution in [0.1, 0.15) is 10.6 Å². The number of nitrogens with zero attached hydrogens (tertiary/aromatic N) is 1. The molecule has 0 radical (unpaired) electrons. The van der Waals surface area contributed by atoms with Crippen LogP contribution in [-0.2, 0) is 6.42 Å². The van der Waals surface area contributed by atoms with Crippen molar-refractivity contribution in [1.82, 2.24) is 4.98 Å². The number of aryl methyl sites for hydroxylation is 2. The predicted molar refractivity (Wildman–Crippen MR) is 44.4 cm³/mol. The molecule has 0 aliphatic heterocycles. The van der Waals surface area contributed by atoms with E-state index in [4.69, 9.17) is 0 Å². The highest BCUT2D eigenvalue weighted by molar-refractivity contribution is 7.80. The Morgan fingerprint density at radius 1 is 1.78 bits per heavy atom. The molecular weight excluding hydrogens is 150 g/mol. The maximum atomic E-state index is 4.13. The number of hydrogen-bond donors (Lipinski definition) is 1. The summed E-state index contributed by atoms with van der Waals surface area (Å²) in [6.07, 6.45) is 1.06. The van der Waals surface area contributed by atoms with E-state index >= 15 is 0 Å². The van der Waals surface area contributed by atoms with Gasteiger partial charge in [-0.25, -0.2) is 4.98 Å². The molecule has 0 bridgehead atoms. The summed E-state index contributed by atoms with van der Waals surface area (Å²) >= 11 is 5.85. The number of rotatable bonds is 2. The van der Waals surface area contributed by atoms with Crippen LogP contribution in [-0.4, -0.2) is 10.7 Å². The van der Waals surface area contributed by atoms with Crippen LogP contribution in [0.15, 0.2) is 5.51 Å². The largest absolute Gasteiger partial charge is 0.250 e. The third-order valence-electron chi connectivity index (χ3n) is 1.18. The summed E-state index contributed by atoms with van der Waals surface area (Å²) in [5.41, 5.74) is 3.04. The Balaban J connectivity index is 2.69. The summed E-state index contributed by atoms with van der Waals surface area (Å²) in [5.74, 6) is 0.920. The van der Waals surface area contributed by atoms with Gasteiger partial charge in [0.25, 0.3) is 0 Å². The van der Waals surface area contributed by atoms with Crippen LogP contribution in [0.25, 0.3) is 0 Å². The minimum atomic E-state index is 0.920. The second kappa shape index (κ2) is 3.22. The average molecular weight is 159 g/mol. The molecule has 0 atom stereocenters. The van der Waals surface area contributed by atoms with Gasteiger partial charge in [0, 0.05) is 4.88 Å². The molecule has 1 heterocycles. The quantitative estimate of drug-likeness (QED) is 0.651. The minimum Gasteiger partial charge on any atom is -0.250 e. The van der Waals surface area contributed by atoms with Gasteiger partial charge in [-0.3, -0.25) is 0 Å². The van der Waals surface area contributed by atoms with Gasteiger partial charge in [-0.15, -0.1) is 11.3 Å². The van der Waals surface area contributed by atoms with Crippen molar-refractivity contribution >= 4 is 24.0 Å². The molecule has 0 spiro atoms. The van der Waals surface area contributed by atoms with Crippen molar-refractivity contribution in [3.8, 4) is 0 Å². The minimum absolute atomic E-state index is 0.920. The first-order valence-corrected chi connectivity index (χ1v) is 4.35. The molecule has 3 heteroatoms. The maximum absolute atomic E-state index is 4.13. The van der Waals surface area contributed by atoms with Gasteiger partial charge in [-0.2, -0.15) is 12.6 Å². The first-order chi connectivity index (χ1) is 4.34. The van der Waals surface area contributed by atoms with E-state index in [1.807, 2.05) is 12.4 Å². The molecule has 1 nitrogen and oxygen atoms in total. The fourth-order valence-electron chi connectivity index (χ4n) is 0.668. The van der Waals surface area contributed by atoms with Crippen molar-refractivity contribution in [1.29, 1.82) is 0 Å². The third kappa shape index (κ3) is 1.69. The van der Waals surface area contributed by atoms with E-state index < -0.39 is 0 Å². The van der Waals surface area contributed by atoms with Crippen LogP contribution in [0.3, 0.4) is 0 Å². The van der Waals surface area contributed by atoms with Crippen molar-refractivity contribution in [2.75, 3.05) is 5.75 Å². The highest BCUT2D eigenvalue weighted by atomic mass is 32.1. The molecule has 9 heavy (non-hydrogen) atoms. The van der Waals surface area contributed by atoms with Crippen molar-refractivity contribution in [2.45, 2.75) is 13.3 Å². The van der Waals surface area contributed by atoms with Crippen LogP contribution in [0, 0.1) is 6.92 Å². The summed E-state index contributed by atoms with van der Waals surface area (Å²) < 4.78 is 0. The molecule has 0 amide bonds. The van der Waals surface area contributed by atoms with Gasteiger partial charge >= 0.3 is 0 Å². The molecule has 0 unspecified atom stereocenters. The van der Waals surface area contributed by atoms with Gasteiger partial charge in [-0.1, -0.05) is 0 Å². The van der Waals surface area contributed by atoms with Crippen LogP contribution in [0.5, 0.6) is 0 Å². The van der Waals surface area contributed by atoms with Crippen molar-refractivity contribution in [2.24, 2.45) is 0 Å². The van der Waals surface area contributed by atoms with E-state index in [0.717, 1.165) is 17.9 Å². The normalized spacial score (nSPS) is 10.0. The average Bonchev–Trinajstić information content (AvgIpc) is 2.18. The van der Waals surface area contributed by atoms with E-state index in [1.165, 1.54) is 4.88 Å². The standard InChI is InChI=1S/C6H9NS2/c1-5-6(2-3-8)9-4-7-5/h4,8H,2-3H2,1H3. The van der Waals surface area contributed by atoms with Gasteiger partial charge in [0.1, 0.15) is 0 Å². The number of aromatic nitrogens is 1. The Bertz CT molecular complexity index is 183. The van der Waals surface area contributed by atoms with E-state index in [9.17, 15) is 0 Å². The topological polar surface area (TPSA) is 12.9 Å². The summed E-state index contributed by atoms with van der Waals surface area (Å²) in [7, 11) is 0. The number of thiazole rings is 1. The maximum Gasteiger partial charge on any atom is 0.0797 e. The predicted octanol–water partition coefficient (Wildman–Crippen LogP) is 1.92. The Morgan fingerprint density at radius 2 is 2.56 bits per heavy atom. The van der Waals surface area contributed by atoms with Gasteiger partial charge in [-0.05, 0) is 19.1 Å². The highest BCUT2D eigenvalue weighted by Crippen LogP contribution is 2.12. The SMILES string of the molecule is Cc1ncsc1CCS. The molecule has 0 saturated carbocycles. The molecule has 1 rings (SSSR count). The van der Waals surface area contributed by atoms with E-state index in [1.54, 1.807) is 11.3 Å². The zero-order valence-corrected chi connectivity index (χ0v) is 7.01. The first-order valence-electron chi connectivity index (χ1n) is 2.84. The van der Waals surface area contributed by atoms with E-state index in [-0.39, 0.29) is 0 Å². The third-order valence-corrected chi connectivity index (χ3v) is 2.40. The molecule has 0 N–H and O–H groups in total. The molecule has 0 saturated heterocycles. The van der Waals surface area contributed by atoms with E-state index in [2.05, 4.69) is 17.6 Å². The van der Waals surface area contributed by atoms with Crippen LogP contribution in [0.4, 0.5) is 0 Å². The van der Waals surface area contributed by atoms with Crippen LogP contribution in [0.2, 0.25) is 0 Å². The first kappa shape index (κ1) is 7.09. The fourth-order valence-corrected chi connectivity index (χ4v) is 1.82. The molecule has 0 fully saturated rings. The van der Waals surface area contributed by atoms with Crippen molar-refractivity contribution in [3.63, 3.8) is 0 Å². The van der Waals surface area contributed by atoms with Gasteiger partial charge in [0.05, 0.1) is 11.2 Å². The Kier molecular flexibility index (Phi) is 2.54. The Morgan fingerprint density at radius 3 is 3.00 bits per heavy atom. The van der Waals surface area contributed by atoms with Crippen LogP contribution >= 0.6 is 24.0 Å². The van der Waals surface area contributed by atoms with E-state index in [0.29, 0.717) is 0 Å². The second-order valence-corrected chi connectivity index (χ2v) is 3.22. The summed E-state index contributed by atoms with van der Waals surface area (Å²) in [6, 6.07) is 0. The lowest BCUT2D eigenvalue weighted by molar-refractivity contribution is 1.13. The summed E-state index contributed by atoms with van der Waals surface area (Å²) in [4.78, 5) is 5.49. The molecular formula is C6H9NS2.